The smallest absolute Gasteiger partial charge is 0.191 e. The highest BCUT2D eigenvalue weighted by Gasteiger charge is 2.23. The maximum atomic E-state index is 5.09. The highest BCUT2D eigenvalue weighted by Crippen LogP contribution is 2.43. The van der Waals surface area contributed by atoms with Crippen molar-refractivity contribution in [2.75, 3.05) is 4.90 Å². The molecule has 3 heterocycles. The zero-order chi connectivity index (χ0) is 38.7. The highest BCUT2D eigenvalue weighted by molar-refractivity contribution is 6.10. The molecule has 0 radical (unpaired) electrons. The number of pyridine rings is 1. The number of hydrogen-bond donors (Lipinski definition) is 0. The van der Waals surface area contributed by atoms with Crippen LogP contribution in [0.15, 0.2) is 152 Å². The van der Waals surface area contributed by atoms with E-state index in [1.807, 2.05) is 6.20 Å². The van der Waals surface area contributed by atoms with Gasteiger partial charge in [-0.25, -0.2) is 9.55 Å². The zero-order valence-corrected chi connectivity index (χ0v) is 33.3. The quantitative estimate of drug-likeness (QED) is 0.146. The first-order valence-electron chi connectivity index (χ1n) is 19.7. The molecule has 9 aromatic rings. The maximum Gasteiger partial charge on any atom is 0.191 e. The van der Waals surface area contributed by atoms with E-state index in [2.05, 4.69) is 213 Å². The lowest BCUT2D eigenvalue weighted by Gasteiger charge is -2.29. The lowest BCUT2D eigenvalue weighted by Crippen LogP contribution is -2.13. The topological polar surface area (TPSA) is 30.9 Å². The number of nitrogens with zero attached hydrogens (tertiary/aromatic N) is 5. The van der Waals surface area contributed by atoms with E-state index in [-0.39, 0.29) is 0 Å². The molecule has 0 N–H and O–H groups in total. The number of imidazole rings is 1. The van der Waals surface area contributed by atoms with E-state index in [0.717, 1.165) is 33.9 Å². The zero-order valence-electron chi connectivity index (χ0n) is 33.3. The molecule has 5 heteroatoms. The van der Waals surface area contributed by atoms with Gasteiger partial charge in [0.05, 0.1) is 22.4 Å². The molecule has 0 fully saturated rings. The molecular formula is C51H48N5+. The normalized spacial score (nSPS) is 11.8. The van der Waals surface area contributed by atoms with Crippen molar-refractivity contribution in [3.05, 3.63) is 174 Å². The maximum absolute atomic E-state index is 5.09. The van der Waals surface area contributed by atoms with Crippen molar-refractivity contribution < 1.29 is 0 Å². The third kappa shape index (κ3) is 5.86. The van der Waals surface area contributed by atoms with Crippen LogP contribution >= 0.6 is 0 Å². The van der Waals surface area contributed by atoms with Gasteiger partial charge in [-0.15, -0.1) is 0 Å². The molecule has 56 heavy (non-hydrogen) atoms. The van der Waals surface area contributed by atoms with Gasteiger partial charge in [-0.2, -0.15) is 4.57 Å². The fourth-order valence-electron chi connectivity index (χ4n) is 8.74. The SMILES string of the molecule is Cc1cccc(C)c1N(c1cccc(-n2[cH+]n(C)c3ccccc32)c1)c1ccc2c3ccccc3n(-c3cc(-c4c(C(C)C)cccc4C(C)C)ccn3)c2c1. The summed E-state index contributed by atoms with van der Waals surface area (Å²) in [7, 11) is 2.11. The molecule has 0 saturated carbocycles. The third-order valence-corrected chi connectivity index (χ3v) is 11.4. The Morgan fingerprint density at radius 1 is 0.571 bits per heavy atom. The number of rotatable bonds is 8. The number of fused-ring (bicyclic) bond motifs is 4. The van der Waals surface area contributed by atoms with Gasteiger partial charge in [0.2, 0.25) is 0 Å². The van der Waals surface area contributed by atoms with Gasteiger partial charge in [0.1, 0.15) is 11.5 Å². The Hall–Kier alpha value is -6.46. The first-order valence-corrected chi connectivity index (χ1v) is 19.7. The summed E-state index contributed by atoms with van der Waals surface area (Å²) in [5, 5.41) is 2.41. The van der Waals surface area contributed by atoms with Crippen LogP contribution in [-0.4, -0.2) is 18.7 Å². The van der Waals surface area contributed by atoms with Crippen molar-refractivity contribution in [2.45, 2.75) is 53.4 Å². The predicted octanol–water partition coefficient (Wildman–Crippen LogP) is 13.7. The van der Waals surface area contributed by atoms with Crippen molar-refractivity contribution in [3.8, 4) is 22.6 Å². The number of aryl methyl sites for hydroxylation is 3. The summed E-state index contributed by atoms with van der Waals surface area (Å²) in [5.41, 5.74) is 16.8. The van der Waals surface area contributed by atoms with Crippen LogP contribution in [0, 0.1) is 13.8 Å². The predicted molar refractivity (Wildman–Crippen MR) is 237 cm³/mol. The summed E-state index contributed by atoms with van der Waals surface area (Å²) in [6.45, 7) is 13.6. The number of para-hydroxylation sites is 4. The summed E-state index contributed by atoms with van der Waals surface area (Å²) in [6.07, 6.45) is 4.15. The monoisotopic (exact) mass is 730 g/mol. The molecule has 0 aliphatic heterocycles. The van der Waals surface area contributed by atoms with Crippen molar-refractivity contribution in [1.82, 2.24) is 18.7 Å². The van der Waals surface area contributed by atoms with Crippen LogP contribution in [0.5, 0.6) is 0 Å². The largest absolute Gasteiger partial charge is 0.309 e. The minimum atomic E-state index is 0.393. The molecule has 0 unspecified atom stereocenters. The van der Waals surface area contributed by atoms with E-state index >= 15 is 0 Å². The van der Waals surface area contributed by atoms with Gasteiger partial charge < -0.3 is 4.90 Å². The van der Waals surface area contributed by atoms with E-state index in [1.165, 1.54) is 60.9 Å². The molecule has 0 amide bonds. The minimum absolute atomic E-state index is 0.393. The van der Waals surface area contributed by atoms with Crippen LogP contribution in [0.2, 0.25) is 0 Å². The molecule has 0 atom stereocenters. The van der Waals surface area contributed by atoms with Gasteiger partial charge in [-0.3, -0.25) is 4.57 Å². The highest BCUT2D eigenvalue weighted by atomic mass is 15.2. The van der Waals surface area contributed by atoms with E-state index in [9.17, 15) is 0 Å². The first-order chi connectivity index (χ1) is 27.2. The van der Waals surface area contributed by atoms with Crippen LogP contribution in [0.25, 0.3) is 55.5 Å². The average molecular weight is 731 g/mol. The average Bonchev–Trinajstić information content (AvgIpc) is 3.73. The molecule has 0 saturated heterocycles. The van der Waals surface area contributed by atoms with Gasteiger partial charge in [-0.1, -0.05) is 88.4 Å². The van der Waals surface area contributed by atoms with Crippen LogP contribution in [0.1, 0.15) is 61.8 Å². The first kappa shape index (κ1) is 35.3. The lowest BCUT2D eigenvalue weighted by atomic mass is 9.85. The van der Waals surface area contributed by atoms with Crippen LogP contribution in [0.3, 0.4) is 0 Å². The Morgan fingerprint density at radius 3 is 1.93 bits per heavy atom. The summed E-state index contributed by atoms with van der Waals surface area (Å²) in [5.74, 6) is 1.70. The number of aromatic nitrogens is 4. The molecular weight excluding hydrogens is 683 g/mol. The molecule has 276 valence electrons. The number of hydrogen-bond acceptors (Lipinski definition) is 2. The lowest BCUT2D eigenvalue weighted by molar-refractivity contribution is 0.838. The van der Waals surface area contributed by atoms with E-state index in [0.29, 0.717) is 11.8 Å². The molecule has 9 rings (SSSR count). The Kier molecular flexibility index (Phi) is 8.81. The van der Waals surface area contributed by atoms with Crippen molar-refractivity contribution >= 4 is 49.9 Å². The summed E-state index contributed by atoms with van der Waals surface area (Å²) < 4.78 is 6.83. The van der Waals surface area contributed by atoms with E-state index in [4.69, 9.17) is 4.98 Å². The fourth-order valence-corrected chi connectivity index (χ4v) is 8.74. The van der Waals surface area contributed by atoms with Crippen LogP contribution < -0.4 is 4.90 Å². The van der Waals surface area contributed by atoms with Crippen molar-refractivity contribution in [3.63, 3.8) is 0 Å². The number of anilines is 3. The second-order valence-electron chi connectivity index (χ2n) is 15.8. The number of benzene rings is 6. The molecule has 3 aromatic heterocycles. The Morgan fingerprint density at radius 2 is 1.20 bits per heavy atom. The second kappa shape index (κ2) is 14.0. The van der Waals surface area contributed by atoms with Gasteiger partial charge >= 0.3 is 0 Å². The van der Waals surface area contributed by atoms with Gasteiger partial charge in [0, 0.05) is 54.0 Å². The van der Waals surface area contributed by atoms with Gasteiger partial charge in [0.15, 0.2) is 17.4 Å². The second-order valence-corrected chi connectivity index (χ2v) is 15.8. The standard InChI is InChI=1S/C51H48N5/c1-33(2)41-20-14-21-42(34(3)4)50(41)37-27-28-52-49(29-37)56-45-22-9-8-19-43(45)44-26-25-40(31-48(44)56)55(51-35(5)15-12-16-36(51)6)39-18-13-17-38(30-39)54-32-53(7)46-23-10-11-24-47(46)54/h8-34H,1-7H3/q+1. The fraction of sp³-hybridized carbons (Fsp3) is 0.176. The Bertz CT molecular complexity index is 2880. The Labute approximate surface area is 329 Å². The van der Waals surface area contributed by atoms with Crippen molar-refractivity contribution in [2.24, 2.45) is 7.05 Å². The van der Waals surface area contributed by atoms with Crippen LogP contribution in [0.4, 0.5) is 17.1 Å². The molecule has 0 bridgehead atoms. The van der Waals surface area contributed by atoms with Gasteiger partial charge in [0.25, 0.3) is 0 Å². The van der Waals surface area contributed by atoms with Crippen LogP contribution in [-0.2, 0) is 7.05 Å². The minimum Gasteiger partial charge on any atom is -0.309 e. The molecule has 0 aliphatic rings. The summed E-state index contributed by atoms with van der Waals surface area (Å²) >= 11 is 0. The van der Waals surface area contributed by atoms with E-state index in [1.54, 1.807) is 0 Å². The van der Waals surface area contributed by atoms with E-state index < -0.39 is 0 Å². The molecule has 6 aromatic carbocycles. The summed E-state index contributed by atoms with van der Waals surface area (Å²) in [6, 6.07) is 50.9. The molecule has 5 nitrogen and oxygen atoms in total. The third-order valence-electron chi connectivity index (χ3n) is 11.4. The van der Waals surface area contributed by atoms with Gasteiger partial charge in [-0.05, 0) is 114 Å². The molecule has 0 spiro atoms. The molecule has 0 aliphatic carbocycles. The summed E-state index contributed by atoms with van der Waals surface area (Å²) in [4.78, 5) is 7.52. The Balaban J connectivity index is 1.27. The van der Waals surface area contributed by atoms with Crippen molar-refractivity contribution in [1.29, 1.82) is 0 Å².